The summed E-state index contributed by atoms with van der Waals surface area (Å²) in [7, 11) is 0. The van der Waals surface area contributed by atoms with E-state index in [-0.39, 0.29) is 5.89 Å². The largest absolute Gasteiger partial charge is 0.333 e. The molecule has 1 N–H and O–H groups in total. The molecule has 2 heterocycles. The fraction of sp³-hybridized carbons (Fsp3) is 0.143. The van der Waals surface area contributed by atoms with E-state index in [1.807, 2.05) is 32.0 Å². The lowest BCUT2D eigenvalue weighted by molar-refractivity contribution is 0.432. The average molecular weight is 344 g/mol. The number of benzene rings is 1. The maximum Gasteiger partial charge on any atom is 0.262 e. The zero-order valence-corrected chi connectivity index (χ0v) is 12.9. The SMILES string of the molecule is Cc1cc(-c2noc(-c3cn[nH]c3C#N)n2)cc(C)c1Br. The summed E-state index contributed by atoms with van der Waals surface area (Å²) < 4.78 is 6.30. The molecule has 0 saturated carbocycles. The standard InChI is InChI=1S/C14H10BrN5O/c1-7-3-9(4-8(2)12(7)15)13-18-14(21-20-13)10-6-17-19-11(10)5-16/h3-4,6H,1-2H3,(H,17,19). The van der Waals surface area contributed by atoms with E-state index in [0.717, 1.165) is 21.2 Å². The molecule has 0 bridgehead atoms. The van der Waals surface area contributed by atoms with Crippen molar-refractivity contribution in [1.82, 2.24) is 20.3 Å². The van der Waals surface area contributed by atoms with Crippen molar-refractivity contribution in [3.05, 3.63) is 39.6 Å². The van der Waals surface area contributed by atoms with E-state index in [0.29, 0.717) is 17.1 Å². The van der Waals surface area contributed by atoms with Crippen molar-refractivity contribution in [3.63, 3.8) is 0 Å². The minimum absolute atomic E-state index is 0.272. The van der Waals surface area contributed by atoms with Crippen LogP contribution in [0.4, 0.5) is 0 Å². The minimum Gasteiger partial charge on any atom is -0.333 e. The summed E-state index contributed by atoms with van der Waals surface area (Å²) >= 11 is 3.53. The molecule has 0 aliphatic carbocycles. The van der Waals surface area contributed by atoms with Crippen molar-refractivity contribution in [2.45, 2.75) is 13.8 Å². The van der Waals surface area contributed by atoms with Gasteiger partial charge in [-0.2, -0.15) is 15.3 Å². The van der Waals surface area contributed by atoms with Crippen LogP contribution in [-0.2, 0) is 0 Å². The smallest absolute Gasteiger partial charge is 0.262 e. The summed E-state index contributed by atoms with van der Waals surface area (Å²) in [6, 6.07) is 5.95. The van der Waals surface area contributed by atoms with Crippen LogP contribution < -0.4 is 0 Å². The normalized spacial score (nSPS) is 10.6. The van der Waals surface area contributed by atoms with Crippen LogP contribution in [0, 0.1) is 25.2 Å². The molecule has 1 aromatic carbocycles. The summed E-state index contributed by atoms with van der Waals surface area (Å²) in [5, 5.41) is 19.3. The number of H-pyrrole nitrogens is 1. The number of nitriles is 1. The van der Waals surface area contributed by atoms with Gasteiger partial charge in [0.05, 0.1) is 11.8 Å². The summed E-state index contributed by atoms with van der Waals surface area (Å²) in [4.78, 5) is 4.34. The number of hydrogen-bond donors (Lipinski definition) is 1. The molecule has 3 rings (SSSR count). The van der Waals surface area contributed by atoms with Crippen LogP contribution in [0.25, 0.3) is 22.8 Å². The van der Waals surface area contributed by atoms with Crippen LogP contribution in [0.15, 0.2) is 27.3 Å². The van der Waals surface area contributed by atoms with E-state index in [9.17, 15) is 0 Å². The van der Waals surface area contributed by atoms with Gasteiger partial charge in [-0.3, -0.25) is 5.10 Å². The maximum absolute atomic E-state index is 8.98. The quantitative estimate of drug-likeness (QED) is 0.769. The number of rotatable bonds is 2. The van der Waals surface area contributed by atoms with Crippen molar-refractivity contribution in [2.24, 2.45) is 0 Å². The molecule has 2 aromatic heterocycles. The first-order valence-corrected chi connectivity index (χ1v) is 6.94. The van der Waals surface area contributed by atoms with Gasteiger partial charge in [-0.15, -0.1) is 0 Å². The number of hydrogen-bond acceptors (Lipinski definition) is 5. The molecule has 0 aliphatic heterocycles. The van der Waals surface area contributed by atoms with Crippen LogP contribution in [0.1, 0.15) is 16.8 Å². The highest BCUT2D eigenvalue weighted by Gasteiger charge is 2.16. The van der Waals surface area contributed by atoms with Gasteiger partial charge >= 0.3 is 0 Å². The number of aromatic nitrogens is 4. The Bertz CT molecular complexity index is 835. The molecule has 0 aliphatic rings. The van der Waals surface area contributed by atoms with Crippen LogP contribution in [-0.4, -0.2) is 20.3 Å². The van der Waals surface area contributed by atoms with Gasteiger partial charge in [0.1, 0.15) is 11.8 Å². The Balaban J connectivity index is 2.05. The summed E-state index contributed by atoms with van der Waals surface area (Å²) in [6.07, 6.45) is 1.49. The average Bonchev–Trinajstić information content (AvgIpc) is 3.11. The monoisotopic (exact) mass is 343 g/mol. The van der Waals surface area contributed by atoms with E-state index < -0.39 is 0 Å². The van der Waals surface area contributed by atoms with Crippen LogP contribution in [0.2, 0.25) is 0 Å². The van der Waals surface area contributed by atoms with Crippen LogP contribution in [0.3, 0.4) is 0 Å². The van der Waals surface area contributed by atoms with Crippen LogP contribution >= 0.6 is 15.9 Å². The fourth-order valence-corrected chi connectivity index (χ4v) is 2.29. The molecule has 104 valence electrons. The molecule has 0 unspecified atom stereocenters. The van der Waals surface area contributed by atoms with Gasteiger partial charge in [-0.05, 0) is 37.1 Å². The molecule has 0 fully saturated rings. The number of nitrogens with one attached hydrogen (secondary N) is 1. The second kappa shape index (κ2) is 5.14. The Kier molecular flexibility index (Phi) is 3.31. The van der Waals surface area contributed by atoms with E-state index in [1.165, 1.54) is 6.20 Å². The molecular weight excluding hydrogens is 334 g/mol. The van der Waals surface area contributed by atoms with Gasteiger partial charge in [-0.25, -0.2) is 0 Å². The van der Waals surface area contributed by atoms with Crippen molar-refractivity contribution < 1.29 is 4.52 Å². The predicted octanol–water partition coefficient (Wildman–Crippen LogP) is 3.38. The lowest BCUT2D eigenvalue weighted by Gasteiger charge is -2.04. The van der Waals surface area contributed by atoms with Crippen molar-refractivity contribution >= 4 is 15.9 Å². The second-order valence-corrected chi connectivity index (χ2v) is 5.41. The molecule has 21 heavy (non-hydrogen) atoms. The van der Waals surface area contributed by atoms with Gasteiger partial charge < -0.3 is 4.52 Å². The van der Waals surface area contributed by atoms with Crippen molar-refractivity contribution in [1.29, 1.82) is 5.26 Å². The predicted molar refractivity (Wildman–Crippen MR) is 79.2 cm³/mol. The Morgan fingerprint density at radius 2 is 2.00 bits per heavy atom. The van der Waals surface area contributed by atoms with E-state index >= 15 is 0 Å². The first-order valence-electron chi connectivity index (χ1n) is 6.15. The van der Waals surface area contributed by atoms with Gasteiger partial charge in [0.2, 0.25) is 5.82 Å². The highest BCUT2D eigenvalue weighted by Crippen LogP contribution is 2.28. The maximum atomic E-state index is 8.98. The molecule has 0 spiro atoms. The highest BCUT2D eigenvalue weighted by atomic mass is 79.9. The summed E-state index contributed by atoms with van der Waals surface area (Å²) in [5.41, 5.74) is 3.86. The lowest BCUT2D eigenvalue weighted by Crippen LogP contribution is -1.87. The topological polar surface area (TPSA) is 91.4 Å². The van der Waals surface area contributed by atoms with E-state index in [2.05, 4.69) is 36.3 Å². The molecule has 0 radical (unpaired) electrons. The summed E-state index contributed by atoms with van der Waals surface area (Å²) in [6.45, 7) is 4.01. The first kappa shape index (κ1) is 13.5. The molecule has 3 aromatic rings. The number of halogens is 1. The molecule has 6 nitrogen and oxygen atoms in total. The zero-order valence-electron chi connectivity index (χ0n) is 11.3. The fourth-order valence-electron chi connectivity index (χ4n) is 2.06. The van der Waals surface area contributed by atoms with E-state index in [4.69, 9.17) is 9.78 Å². The molecule has 0 atom stereocenters. The molecular formula is C14H10BrN5O. The first-order chi connectivity index (χ1) is 10.1. The molecule has 7 heteroatoms. The third kappa shape index (κ3) is 2.34. The number of aromatic amines is 1. The number of aryl methyl sites for hydroxylation is 2. The Labute approximate surface area is 128 Å². The summed E-state index contributed by atoms with van der Waals surface area (Å²) in [5.74, 6) is 0.752. The Morgan fingerprint density at radius 3 is 2.67 bits per heavy atom. The Hall–Kier alpha value is -2.46. The molecule has 0 amide bonds. The van der Waals surface area contributed by atoms with Crippen molar-refractivity contribution in [3.8, 4) is 28.9 Å². The highest BCUT2D eigenvalue weighted by molar-refractivity contribution is 9.10. The van der Waals surface area contributed by atoms with Crippen LogP contribution in [0.5, 0.6) is 0 Å². The third-order valence-electron chi connectivity index (χ3n) is 3.10. The lowest BCUT2D eigenvalue weighted by atomic mass is 10.1. The van der Waals surface area contributed by atoms with E-state index in [1.54, 1.807) is 0 Å². The minimum atomic E-state index is 0.272. The van der Waals surface area contributed by atoms with Gasteiger partial charge in [-0.1, -0.05) is 21.1 Å². The second-order valence-electron chi connectivity index (χ2n) is 4.62. The van der Waals surface area contributed by atoms with Gasteiger partial charge in [0.15, 0.2) is 0 Å². The Morgan fingerprint density at radius 1 is 1.29 bits per heavy atom. The van der Waals surface area contributed by atoms with Crippen molar-refractivity contribution in [2.75, 3.05) is 0 Å². The third-order valence-corrected chi connectivity index (χ3v) is 4.35. The van der Waals surface area contributed by atoms with Gasteiger partial charge in [0.25, 0.3) is 5.89 Å². The molecule has 0 saturated heterocycles. The zero-order chi connectivity index (χ0) is 15.0. The van der Waals surface area contributed by atoms with Gasteiger partial charge in [0, 0.05) is 10.0 Å². The number of nitrogens with zero attached hydrogens (tertiary/aromatic N) is 4.